The molecule has 0 bridgehead atoms. The largest absolute Gasteiger partial charge is 0.338 e. The Balaban J connectivity index is 3.23. The Hall–Kier alpha value is -0.540. The molecule has 0 spiro atoms. The molecular weight excluding hydrogens is 511 g/mol. The molecule has 210 valence electrons. The predicted molar refractivity (Wildman–Crippen MR) is 163 cm³/mol. The first-order valence-electron chi connectivity index (χ1n) is 14.3. The van der Waals surface area contributed by atoms with Crippen LogP contribution in [-0.4, -0.2) is 13.7 Å². The average Bonchev–Trinajstić information content (AvgIpc) is 2.83. The Morgan fingerprint density at radius 1 is 0.444 bits per heavy atom. The van der Waals surface area contributed by atoms with Crippen LogP contribution in [0.1, 0.15) is 152 Å². The maximum Gasteiger partial charge on any atom is 0.338 e. The van der Waals surface area contributed by atoms with E-state index in [2.05, 4.69) is 58.7 Å². The number of hydrogen-bond donors (Lipinski definition) is 3. The molecule has 0 N–H and O–H groups in total. The smallest absolute Gasteiger partial charge is 0.247 e. The van der Waals surface area contributed by atoms with Crippen LogP contribution in [-0.2, 0) is 0 Å². The molecule has 9 heteroatoms. The van der Waals surface area contributed by atoms with Crippen LogP contribution in [0.5, 0.6) is 0 Å². The summed E-state index contributed by atoms with van der Waals surface area (Å²) >= 11 is 14.0. The quantitative estimate of drug-likeness (QED) is 0.107. The van der Waals surface area contributed by atoms with Gasteiger partial charge in [0.2, 0.25) is 0 Å². The van der Waals surface area contributed by atoms with E-state index < -0.39 is 33.2 Å². The molecule has 0 saturated heterocycles. The lowest BCUT2D eigenvalue weighted by molar-refractivity contribution is 0.401. The van der Waals surface area contributed by atoms with Gasteiger partial charge < -0.3 is 0 Å². The van der Waals surface area contributed by atoms with Crippen molar-refractivity contribution in [1.82, 2.24) is 13.7 Å². The monoisotopic (exact) mass is 561 g/mol. The summed E-state index contributed by atoms with van der Waals surface area (Å²) in [6, 6.07) is 0. The maximum absolute atomic E-state index is 13.5. The standard InChI is InChI=1S/C27H51N3O3S3/c1-4-7-10-13-16-19-22(34)28-25(31)29(23(35)20-17-14-11-8-5-2)27(33)30(26(28)32)24(36)21-18-15-12-9-6-3/h22-24,34-36H,4-21H2,1-3H3. The molecule has 1 rings (SSSR count). The molecule has 1 aromatic heterocycles. The van der Waals surface area contributed by atoms with Crippen LogP contribution in [0.2, 0.25) is 0 Å². The fourth-order valence-corrected chi connectivity index (χ4v) is 5.68. The van der Waals surface area contributed by atoms with Gasteiger partial charge in [0.1, 0.15) is 0 Å². The van der Waals surface area contributed by atoms with E-state index in [4.69, 9.17) is 0 Å². The Labute approximate surface area is 234 Å². The fourth-order valence-electron chi connectivity index (χ4n) is 4.54. The second-order valence-electron chi connectivity index (χ2n) is 10.0. The number of rotatable bonds is 21. The third-order valence-electron chi connectivity index (χ3n) is 6.83. The maximum atomic E-state index is 13.5. The van der Waals surface area contributed by atoms with Gasteiger partial charge in [0, 0.05) is 0 Å². The van der Waals surface area contributed by atoms with Crippen molar-refractivity contribution in [2.75, 3.05) is 0 Å². The summed E-state index contributed by atoms with van der Waals surface area (Å²) < 4.78 is 3.47. The van der Waals surface area contributed by atoms with E-state index in [0.29, 0.717) is 19.3 Å². The Bertz CT molecular complexity index is 752. The SMILES string of the molecule is CCCCCCCC(S)n1c(=O)n(C(S)CCCCCCC)c(=O)n(C(S)CCCCCCC)c1=O. The van der Waals surface area contributed by atoms with Gasteiger partial charge in [0.25, 0.3) is 0 Å². The van der Waals surface area contributed by atoms with E-state index in [1.807, 2.05) is 0 Å². The summed E-state index contributed by atoms with van der Waals surface area (Å²) in [5, 5.41) is -1.75. The molecule has 3 atom stereocenters. The minimum Gasteiger partial charge on any atom is -0.247 e. The molecule has 0 saturated carbocycles. The van der Waals surface area contributed by atoms with Crippen molar-refractivity contribution in [2.45, 2.75) is 152 Å². The van der Waals surface area contributed by atoms with Gasteiger partial charge in [-0.05, 0) is 19.3 Å². The van der Waals surface area contributed by atoms with Crippen LogP contribution in [0.25, 0.3) is 0 Å². The highest BCUT2D eigenvalue weighted by Crippen LogP contribution is 2.22. The zero-order chi connectivity index (χ0) is 26.9. The summed E-state index contributed by atoms with van der Waals surface area (Å²) in [5.41, 5.74) is -1.81. The number of unbranched alkanes of at least 4 members (excludes halogenated alkanes) is 12. The summed E-state index contributed by atoms with van der Waals surface area (Å²) in [5.74, 6) is 0. The van der Waals surface area contributed by atoms with Crippen LogP contribution in [0.3, 0.4) is 0 Å². The summed E-state index contributed by atoms with van der Waals surface area (Å²) in [4.78, 5) is 40.4. The van der Waals surface area contributed by atoms with Gasteiger partial charge in [-0.2, -0.15) is 37.9 Å². The predicted octanol–water partition coefficient (Wildman–Crippen LogP) is 7.54. The van der Waals surface area contributed by atoms with Crippen molar-refractivity contribution in [3.05, 3.63) is 31.5 Å². The van der Waals surface area contributed by atoms with Crippen molar-refractivity contribution in [3.8, 4) is 0 Å². The first kappa shape index (κ1) is 33.5. The minimum absolute atomic E-state index is 0.583. The fraction of sp³-hybridized carbons (Fsp3) is 0.889. The summed E-state index contributed by atoms with van der Waals surface area (Å²) in [6.07, 6.45) is 17.9. The van der Waals surface area contributed by atoms with Crippen LogP contribution in [0.15, 0.2) is 14.4 Å². The lowest BCUT2D eigenvalue weighted by Crippen LogP contribution is -2.56. The topological polar surface area (TPSA) is 66.0 Å². The zero-order valence-electron chi connectivity index (χ0n) is 22.9. The van der Waals surface area contributed by atoms with Gasteiger partial charge in [-0.15, -0.1) is 0 Å². The Morgan fingerprint density at radius 2 is 0.667 bits per heavy atom. The molecule has 0 aliphatic carbocycles. The molecule has 0 aliphatic heterocycles. The summed E-state index contributed by atoms with van der Waals surface area (Å²) in [7, 11) is 0. The zero-order valence-corrected chi connectivity index (χ0v) is 25.6. The van der Waals surface area contributed by atoms with Crippen LogP contribution >= 0.6 is 37.9 Å². The van der Waals surface area contributed by atoms with E-state index in [9.17, 15) is 14.4 Å². The normalized spacial score (nSPS) is 14.2. The van der Waals surface area contributed by atoms with Gasteiger partial charge in [0.05, 0.1) is 16.1 Å². The van der Waals surface area contributed by atoms with Gasteiger partial charge in [-0.25, -0.2) is 28.1 Å². The van der Waals surface area contributed by atoms with Crippen LogP contribution < -0.4 is 17.1 Å². The molecule has 0 aromatic carbocycles. The third-order valence-corrected chi connectivity index (χ3v) is 8.30. The second-order valence-corrected chi connectivity index (χ2v) is 11.8. The van der Waals surface area contributed by atoms with E-state index in [1.165, 1.54) is 19.3 Å². The van der Waals surface area contributed by atoms with Gasteiger partial charge in [-0.1, -0.05) is 117 Å². The highest BCUT2D eigenvalue weighted by molar-refractivity contribution is 7.80. The first-order chi connectivity index (χ1) is 17.3. The van der Waals surface area contributed by atoms with Crippen molar-refractivity contribution in [2.24, 2.45) is 0 Å². The van der Waals surface area contributed by atoms with Gasteiger partial charge in [0.15, 0.2) is 0 Å². The van der Waals surface area contributed by atoms with Gasteiger partial charge >= 0.3 is 17.1 Å². The van der Waals surface area contributed by atoms with E-state index in [0.717, 1.165) is 90.8 Å². The summed E-state index contributed by atoms with van der Waals surface area (Å²) in [6.45, 7) is 6.51. The molecule has 0 amide bonds. The lowest BCUT2D eigenvalue weighted by atomic mass is 10.1. The van der Waals surface area contributed by atoms with Crippen molar-refractivity contribution in [3.63, 3.8) is 0 Å². The lowest BCUT2D eigenvalue weighted by Gasteiger charge is -2.23. The van der Waals surface area contributed by atoms with Crippen LogP contribution in [0.4, 0.5) is 0 Å². The van der Waals surface area contributed by atoms with Crippen molar-refractivity contribution >= 4 is 37.9 Å². The Kier molecular flexibility index (Phi) is 18.2. The molecule has 1 aromatic rings. The molecule has 36 heavy (non-hydrogen) atoms. The van der Waals surface area contributed by atoms with E-state index >= 15 is 0 Å². The number of aromatic nitrogens is 3. The van der Waals surface area contributed by atoms with E-state index in [1.54, 1.807) is 0 Å². The third kappa shape index (κ3) is 11.1. The molecule has 3 unspecified atom stereocenters. The number of nitrogens with zero attached hydrogens (tertiary/aromatic N) is 3. The highest BCUT2D eigenvalue weighted by atomic mass is 32.1. The van der Waals surface area contributed by atoms with Crippen molar-refractivity contribution < 1.29 is 0 Å². The van der Waals surface area contributed by atoms with Crippen molar-refractivity contribution in [1.29, 1.82) is 0 Å². The Morgan fingerprint density at radius 3 is 0.889 bits per heavy atom. The number of hydrogen-bond acceptors (Lipinski definition) is 6. The molecule has 1 heterocycles. The molecule has 6 nitrogen and oxygen atoms in total. The number of thiol groups is 3. The minimum atomic E-state index is -0.605. The molecule has 0 radical (unpaired) electrons. The van der Waals surface area contributed by atoms with Gasteiger partial charge in [-0.3, -0.25) is 0 Å². The highest BCUT2D eigenvalue weighted by Gasteiger charge is 2.25. The first-order valence-corrected chi connectivity index (χ1v) is 15.9. The van der Waals surface area contributed by atoms with E-state index in [-0.39, 0.29) is 0 Å². The average molecular weight is 562 g/mol. The molecule has 0 aliphatic rings. The molecule has 0 fully saturated rings. The van der Waals surface area contributed by atoms with Crippen LogP contribution in [0, 0.1) is 0 Å². The molecular formula is C27H51N3O3S3. The second kappa shape index (κ2) is 19.5.